The Kier molecular flexibility index (Phi) is 2.45. The number of hydrogen-bond acceptors (Lipinski definition) is 3. The molecule has 0 fully saturated rings. The summed E-state index contributed by atoms with van der Waals surface area (Å²) in [4.78, 5) is 4.21. The summed E-state index contributed by atoms with van der Waals surface area (Å²) in [5.41, 5.74) is 7.64. The molecule has 0 bridgehead atoms. The Morgan fingerprint density at radius 3 is 3.10 bits per heavy atom. The predicted molar refractivity (Wildman–Crippen MR) is 42.9 cm³/mol. The summed E-state index contributed by atoms with van der Waals surface area (Å²) < 4.78 is 0. The molecule has 1 heterocycles. The summed E-state index contributed by atoms with van der Waals surface area (Å²) >= 11 is 0. The molecule has 3 N–H and O–H groups in total. The van der Waals surface area contributed by atoms with E-state index in [1.807, 2.05) is 13.1 Å². The van der Waals surface area contributed by atoms with E-state index in [2.05, 4.69) is 10.3 Å². The van der Waals surface area contributed by atoms with Gasteiger partial charge in [-0.1, -0.05) is 0 Å². The Morgan fingerprint density at radius 1 is 1.80 bits per heavy atom. The molecule has 3 heteroatoms. The lowest BCUT2D eigenvalue weighted by molar-refractivity contribution is 0.873. The second-order valence-electron chi connectivity index (χ2n) is 2.40. The van der Waals surface area contributed by atoms with Gasteiger partial charge in [-0.05, 0) is 19.9 Å². The Balaban J connectivity index is 2.47. The minimum absolute atomic E-state index is 0.688. The molecule has 1 rings (SSSR count). The standard InChI is InChI=1S/C7H13N3/c1-6-4-10-7(2-3-8)5-9-6/h4,9H,2-3,5,8H2,1H3. The van der Waals surface area contributed by atoms with E-state index < -0.39 is 0 Å². The van der Waals surface area contributed by atoms with E-state index in [-0.39, 0.29) is 0 Å². The SMILES string of the molecule is CC1=CN=C(CCN)CN1. The van der Waals surface area contributed by atoms with E-state index in [0.717, 1.165) is 24.4 Å². The van der Waals surface area contributed by atoms with Gasteiger partial charge in [-0.25, -0.2) is 0 Å². The van der Waals surface area contributed by atoms with Crippen molar-refractivity contribution in [3.8, 4) is 0 Å². The summed E-state index contributed by atoms with van der Waals surface area (Å²) in [6, 6.07) is 0. The van der Waals surface area contributed by atoms with E-state index >= 15 is 0 Å². The van der Waals surface area contributed by atoms with E-state index in [1.165, 1.54) is 0 Å². The van der Waals surface area contributed by atoms with Crippen molar-refractivity contribution in [1.82, 2.24) is 5.32 Å². The maximum atomic E-state index is 5.36. The average Bonchev–Trinajstić information content (AvgIpc) is 1.95. The zero-order chi connectivity index (χ0) is 7.40. The topological polar surface area (TPSA) is 50.4 Å². The van der Waals surface area contributed by atoms with Crippen LogP contribution >= 0.6 is 0 Å². The summed E-state index contributed by atoms with van der Waals surface area (Å²) in [6.45, 7) is 3.55. The molecule has 0 atom stereocenters. The monoisotopic (exact) mass is 139 g/mol. The van der Waals surface area contributed by atoms with Gasteiger partial charge in [0.1, 0.15) is 0 Å². The number of allylic oxidation sites excluding steroid dienone is 1. The fourth-order valence-electron chi connectivity index (χ4n) is 0.840. The molecular weight excluding hydrogens is 126 g/mol. The van der Waals surface area contributed by atoms with Crippen LogP contribution < -0.4 is 11.1 Å². The van der Waals surface area contributed by atoms with Crippen molar-refractivity contribution >= 4 is 5.71 Å². The first kappa shape index (κ1) is 7.28. The molecule has 3 nitrogen and oxygen atoms in total. The van der Waals surface area contributed by atoms with Crippen molar-refractivity contribution in [2.45, 2.75) is 13.3 Å². The van der Waals surface area contributed by atoms with Crippen molar-refractivity contribution < 1.29 is 0 Å². The fraction of sp³-hybridized carbons (Fsp3) is 0.571. The van der Waals surface area contributed by atoms with E-state index in [1.54, 1.807) is 0 Å². The average molecular weight is 139 g/mol. The first-order chi connectivity index (χ1) is 4.83. The lowest BCUT2D eigenvalue weighted by Crippen LogP contribution is -2.26. The van der Waals surface area contributed by atoms with Crippen LogP contribution in [0.15, 0.2) is 16.9 Å². The smallest absolute Gasteiger partial charge is 0.0531 e. The lowest BCUT2D eigenvalue weighted by Gasteiger charge is -2.12. The number of aliphatic imine (C=N–C) groups is 1. The van der Waals surface area contributed by atoms with Crippen LogP contribution in [0.1, 0.15) is 13.3 Å². The molecule has 0 aromatic rings. The van der Waals surface area contributed by atoms with Crippen molar-refractivity contribution in [1.29, 1.82) is 0 Å². The molecule has 56 valence electrons. The predicted octanol–water partition coefficient (Wildman–Crippen LogP) is 0.241. The maximum Gasteiger partial charge on any atom is 0.0531 e. The Morgan fingerprint density at radius 2 is 2.60 bits per heavy atom. The minimum Gasteiger partial charge on any atom is -0.382 e. The Bertz CT molecular complexity index is 166. The second kappa shape index (κ2) is 3.37. The molecule has 1 aliphatic rings. The first-order valence-corrected chi connectivity index (χ1v) is 3.49. The molecule has 10 heavy (non-hydrogen) atoms. The number of rotatable bonds is 2. The lowest BCUT2D eigenvalue weighted by atomic mass is 10.2. The highest BCUT2D eigenvalue weighted by Crippen LogP contribution is 1.96. The van der Waals surface area contributed by atoms with Crippen LogP contribution in [0.3, 0.4) is 0 Å². The van der Waals surface area contributed by atoms with Gasteiger partial charge in [-0.2, -0.15) is 0 Å². The van der Waals surface area contributed by atoms with E-state index in [9.17, 15) is 0 Å². The van der Waals surface area contributed by atoms with Gasteiger partial charge in [-0.15, -0.1) is 0 Å². The summed E-state index contributed by atoms with van der Waals surface area (Å²) in [5, 5.41) is 3.19. The quantitative estimate of drug-likeness (QED) is 0.575. The van der Waals surface area contributed by atoms with E-state index in [0.29, 0.717) is 6.54 Å². The van der Waals surface area contributed by atoms with Gasteiger partial charge in [0, 0.05) is 17.6 Å². The summed E-state index contributed by atoms with van der Waals surface area (Å²) in [5.74, 6) is 0. The number of nitrogens with two attached hydrogens (primary N) is 1. The van der Waals surface area contributed by atoms with Crippen molar-refractivity contribution in [2.75, 3.05) is 13.1 Å². The van der Waals surface area contributed by atoms with Crippen LogP contribution in [0.25, 0.3) is 0 Å². The minimum atomic E-state index is 0.688. The third-order valence-electron chi connectivity index (χ3n) is 1.44. The number of nitrogens with one attached hydrogen (secondary N) is 1. The number of nitrogens with zero attached hydrogens (tertiary/aromatic N) is 1. The van der Waals surface area contributed by atoms with Crippen LogP contribution in [0.4, 0.5) is 0 Å². The summed E-state index contributed by atoms with van der Waals surface area (Å²) in [6.07, 6.45) is 2.74. The zero-order valence-electron chi connectivity index (χ0n) is 6.22. The van der Waals surface area contributed by atoms with Gasteiger partial charge >= 0.3 is 0 Å². The molecule has 0 saturated heterocycles. The van der Waals surface area contributed by atoms with Crippen LogP contribution in [0.2, 0.25) is 0 Å². The highest BCUT2D eigenvalue weighted by Gasteiger charge is 2.01. The highest BCUT2D eigenvalue weighted by molar-refractivity contribution is 5.87. The van der Waals surface area contributed by atoms with Crippen molar-refractivity contribution in [3.63, 3.8) is 0 Å². The normalized spacial score (nSPS) is 17.4. The highest BCUT2D eigenvalue weighted by atomic mass is 14.9. The number of hydrogen-bond donors (Lipinski definition) is 2. The third kappa shape index (κ3) is 1.84. The molecule has 0 saturated carbocycles. The molecular formula is C7H13N3. The largest absolute Gasteiger partial charge is 0.382 e. The van der Waals surface area contributed by atoms with Gasteiger partial charge in [-0.3, -0.25) is 4.99 Å². The fourth-order valence-corrected chi connectivity index (χ4v) is 0.840. The molecule has 0 aliphatic carbocycles. The molecule has 0 spiro atoms. The molecule has 0 unspecified atom stereocenters. The molecule has 1 aliphatic heterocycles. The van der Waals surface area contributed by atoms with Crippen LogP contribution in [-0.2, 0) is 0 Å². The van der Waals surface area contributed by atoms with Gasteiger partial charge < -0.3 is 11.1 Å². The van der Waals surface area contributed by atoms with Gasteiger partial charge in [0.25, 0.3) is 0 Å². The van der Waals surface area contributed by atoms with E-state index in [4.69, 9.17) is 5.73 Å². The van der Waals surface area contributed by atoms with Gasteiger partial charge in [0.2, 0.25) is 0 Å². The van der Waals surface area contributed by atoms with Crippen LogP contribution in [0, 0.1) is 0 Å². The maximum absolute atomic E-state index is 5.36. The third-order valence-corrected chi connectivity index (χ3v) is 1.44. The van der Waals surface area contributed by atoms with Crippen molar-refractivity contribution in [2.24, 2.45) is 10.7 Å². The summed E-state index contributed by atoms with van der Waals surface area (Å²) in [7, 11) is 0. The molecule has 0 aromatic heterocycles. The molecule has 0 amide bonds. The van der Waals surface area contributed by atoms with Crippen molar-refractivity contribution in [3.05, 3.63) is 11.9 Å². The Labute approximate surface area is 61.0 Å². The molecule has 0 aromatic carbocycles. The van der Waals surface area contributed by atoms with Crippen LogP contribution in [-0.4, -0.2) is 18.8 Å². The zero-order valence-corrected chi connectivity index (χ0v) is 6.22. The van der Waals surface area contributed by atoms with Crippen LogP contribution in [0.5, 0.6) is 0 Å². The van der Waals surface area contributed by atoms with Gasteiger partial charge in [0.15, 0.2) is 0 Å². The molecule has 0 radical (unpaired) electrons. The first-order valence-electron chi connectivity index (χ1n) is 3.49. The second-order valence-corrected chi connectivity index (χ2v) is 2.40. The van der Waals surface area contributed by atoms with Gasteiger partial charge in [0.05, 0.1) is 6.54 Å². The Hall–Kier alpha value is -0.830.